The van der Waals surface area contributed by atoms with Crippen molar-refractivity contribution in [3.05, 3.63) is 98.9 Å². The molecule has 0 unspecified atom stereocenters. The molecular formula is C28H21N3O5S2. The zero-order chi connectivity index (χ0) is 26.8. The van der Waals surface area contributed by atoms with Gasteiger partial charge in [-0.3, -0.25) is 9.69 Å². The summed E-state index contributed by atoms with van der Waals surface area (Å²) >= 11 is 6.73. The van der Waals surface area contributed by atoms with Crippen LogP contribution < -0.4 is 10.4 Å². The molecule has 0 bridgehead atoms. The second-order valence-corrected chi connectivity index (χ2v) is 10.2. The molecule has 2 heterocycles. The quantitative estimate of drug-likeness (QED) is 0.254. The molecule has 1 amide bonds. The molecule has 1 fully saturated rings. The van der Waals surface area contributed by atoms with Gasteiger partial charge in [-0.2, -0.15) is 0 Å². The molecule has 1 aromatic heterocycles. The highest BCUT2D eigenvalue weighted by Gasteiger charge is 2.31. The lowest BCUT2D eigenvalue weighted by Gasteiger charge is -2.14. The minimum atomic E-state index is -0.978. The number of aromatic carboxylic acids is 1. The number of hydrogen-bond donors (Lipinski definition) is 2. The number of amides is 1. The Labute approximate surface area is 227 Å². The van der Waals surface area contributed by atoms with Crippen LogP contribution in [-0.2, 0) is 11.2 Å². The first-order valence-electron chi connectivity index (χ1n) is 11.6. The van der Waals surface area contributed by atoms with E-state index < -0.39 is 11.7 Å². The topological polar surface area (TPSA) is 113 Å². The number of thiocarbonyl (C=S) groups is 1. The summed E-state index contributed by atoms with van der Waals surface area (Å²) in [7, 11) is 1.60. The predicted molar refractivity (Wildman–Crippen MR) is 151 cm³/mol. The molecule has 5 rings (SSSR count). The van der Waals surface area contributed by atoms with Gasteiger partial charge in [0.15, 0.2) is 0 Å². The summed E-state index contributed by atoms with van der Waals surface area (Å²) in [6.07, 6.45) is 3.89. The molecule has 0 aliphatic carbocycles. The van der Waals surface area contributed by atoms with E-state index in [1.165, 1.54) is 18.0 Å². The molecule has 4 aromatic rings. The molecule has 2 N–H and O–H groups in total. The summed E-state index contributed by atoms with van der Waals surface area (Å²) in [6, 6.07) is 17.9. The summed E-state index contributed by atoms with van der Waals surface area (Å²) in [5.74, 6) is -0.477. The van der Waals surface area contributed by atoms with Gasteiger partial charge < -0.3 is 14.8 Å². The van der Waals surface area contributed by atoms with Gasteiger partial charge in [-0.25, -0.2) is 14.6 Å². The van der Waals surface area contributed by atoms with E-state index in [2.05, 4.69) is 9.97 Å². The lowest BCUT2D eigenvalue weighted by Crippen LogP contribution is -2.30. The zero-order valence-corrected chi connectivity index (χ0v) is 21.8. The Balaban J connectivity index is 1.37. The van der Waals surface area contributed by atoms with Gasteiger partial charge in [-0.1, -0.05) is 48.2 Å². The molecule has 8 nitrogen and oxygen atoms in total. The minimum absolute atomic E-state index is 0.166. The predicted octanol–water partition coefficient (Wildman–Crippen LogP) is 4.74. The number of hydrogen-bond acceptors (Lipinski definition) is 7. The zero-order valence-electron chi connectivity index (χ0n) is 20.1. The SMILES string of the molecule is COc1ccc(C=C2SC(=S)N(CCc3ccc(C(=O)O)cc3)C2=O)cc1-c1ccc2[nH]c(=O)ncc2c1. The van der Waals surface area contributed by atoms with Gasteiger partial charge in [0.25, 0.3) is 5.91 Å². The second-order valence-electron chi connectivity index (χ2n) is 8.54. The molecular weight excluding hydrogens is 522 g/mol. The number of benzene rings is 3. The molecule has 0 atom stereocenters. The van der Waals surface area contributed by atoms with E-state index in [0.29, 0.717) is 33.5 Å². The van der Waals surface area contributed by atoms with Crippen LogP contribution in [0.25, 0.3) is 28.1 Å². The highest BCUT2D eigenvalue weighted by atomic mass is 32.2. The van der Waals surface area contributed by atoms with Crippen LogP contribution in [0.15, 0.2) is 76.6 Å². The van der Waals surface area contributed by atoms with Gasteiger partial charge in [-0.15, -0.1) is 0 Å². The molecule has 3 aromatic carbocycles. The fourth-order valence-corrected chi connectivity index (χ4v) is 5.48. The van der Waals surface area contributed by atoms with Crippen molar-refractivity contribution in [2.24, 2.45) is 0 Å². The summed E-state index contributed by atoms with van der Waals surface area (Å²) in [5, 5.41) is 9.85. The van der Waals surface area contributed by atoms with E-state index in [1.807, 2.05) is 42.5 Å². The number of aromatic nitrogens is 2. The van der Waals surface area contributed by atoms with Crippen LogP contribution in [0.3, 0.4) is 0 Å². The van der Waals surface area contributed by atoms with Crippen LogP contribution in [0.4, 0.5) is 0 Å². The highest BCUT2D eigenvalue weighted by molar-refractivity contribution is 8.26. The summed E-state index contributed by atoms with van der Waals surface area (Å²) in [4.78, 5) is 44.3. The van der Waals surface area contributed by atoms with Crippen molar-refractivity contribution in [1.82, 2.24) is 14.9 Å². The number of methoxy groups -OCH3 is 1. The first-order valence-corrected chi connectivity index (χ1v) is 12.8. The number of H-pyrrole nitrogens is 1. The van der Waals surface area contributed by atoms with Crippen molar-refractivity contribution < 1.29 is 19.4 Å². The van der Waals surface area contributed by atoms with Gasteiger partial charge in [0.1, 0.15) is 10.1 Å². The fraction of sp³-hybridized carbons (Fsp3) is 0.107. The first-order chi connectivity index (χ1) is 18.3. The van der Waals surface area contributed by atoms with Crippen molar-refractivity contribution in [3.63, 3.8) is 0 Å². The number of carboxylic acids is 1. The number of nitrogens with one attached hydrogen (secondary N) is 1. The van der Waals surface area contributed by atoms with Gasteiger partial charge in [0.05, 0.1) is 23.1 Å². The number of ether oxygens (including phenoxy) is 1. The Kier molecular flexibility index (Phi) is 7.08. The average molecular weight is 544 g/mol. The number of aromatic amines is 1. The molecule has 38 heavy (non-hydrogen) atoms. The number of carboxylic acid groups (broad SMARTS) is 1. The standard InChI is InChI=1S/C28H21N3O5S2/c1-36-23-9-4-17(12-21(23)19-7-8-22-20(14-19)15-29-27(35)30-22)13-24-25(32)31(28(37)38-24)11-10-16-2-5-18(6-3-16)26(33)34/h2-9,12-15H,10-11H2,1H3,(H,33,34)(H,29,30,35). The van der Waals surface area contributed by atoms with Gasteiger partial charge >= 0.3 is 11.7 Å². The summed E-state index contributed by atoms with van der Waals surface area (Å²) in [6.45, 7) is 0.398. The summed E-state index contributed by atoms with van der Waals surface area (Å²) in [5.41, 5.74) is 3.93. The Hall–Kier alpha value is -4.28. The third-order valence-corrected chi connectivity index (χ3v) is 7.52. The van der Waals surface area contributed by atoms with Crippen molar-refractivity contribution in [1.29, 1.82) is 0 Å². The molecule has 1 aliphatic rings. The lowest BCUT2D eigenvalue weighted by atomic mass is 10.00. The maximum Gasteiger partial charge on any atom is 0.345 e. The largest absolute Gasteiger partial charge is 0.496 e. The van der Waals surface area contributed by atoms with E-state index in [1.54, 1.807) is 36.3 Å². The van der Waals surface area contributed by atoms with Crippen molar-refractivity contribution in [2.75, 3.05) is 13.7 Å². The van der Waals surface area contributed by atoms with Gasteiger partial charge in [0.2, 0.25) is 0 Å². The minimum Gasteiger partial charge on any atom is -0.496 e. The maximum atomic E-state index is 13.1. The molecule has 190 valence electrons. The van der Waals surface area contributed by atoms with E-state index in [-0.39, 0.29) is 11.5 Å². The third-order valence-electron chi connectivity index (χ3n) is 6.14. The Morgan fingerprint density at radius 3 is 2.66 bits per heavy atom. The highest BCUT2D eigenvalue weighted by Crippen LogP contribution is 2.36. The van der Waals surface area contributed by atoms with Crippen molar-refractivity contribution >= 4 is 57.2 Å². The van der Waals surface area contributed by atoms with Crippen LogP contribution in [0, 0.1) is 0 Å². The van der Waals surface area contributed by atoms with E-state index in [0.717, 1.165) is 27.6 Å². The Morgan fingerprint density at radius 2 is 1.92 bits per heavy atom. The van der Waals surface area contributed by atoms with E-state index in [4.69, 9.17) is 22.1 Å². The number of carbonyl (C=O) groups is 2. The number of carbonyl (C=O) groups excluding carboxylic acids is 1. The smallest absolute Gasteiger partial charge is 0.345 e. The number of nitrogens with zero attached hydrogens (tertiary/aromatic N) is 2. The average Bonchev–Trinajstić information content (AvgIpc) is 3.18. The number of fused-ring (bicyclic) bond motifs is 1. The van der Waals surface area contributed by atoms with E-state index in [9.17, 15) is 14.4 Å². The van der Waals surface area contributed by atoms with Crippen molar-refractivity contribution in [3.8, 4) is 16.9 Å². The third kappa shape index (κ3) is 5.22. The lowest BCUT2D eigenvalue weighted by molar-refractivity contribution is -0.122. The first kappa shape index (κ1) is 25.4. The molecule has 0 saturated carbocycles. The monoisotopic (exact) mass is 543 g/mol. The maximum absolute atomic E-state index is 13.1. The molecule has 0 spiro atoms. The van der Waals surface area contributed by atoms with Crippen LogP contribution in [0.5, 0.6) is 5.75 Å². The van der Waals surface area contributed by atoms with Gasteiger partial charge in [-0.05, 0) is 65.6 Å². The number of rotatable bonds is 7. The Bertz CT molecular complexity index is 1680. The molecule has 1 saturated heterocycles. The fourth-order valence-electron chi connectivity index (χ4n) is 4.17. The van der Waals surface area contributed by atoms with Crippen LogP contribution in [0.1, 0.15) is 21.5 Å². The molecule has 0 radical (unpaired) electrons. The van der Waals surface area contributed by atoms with Gasteiger partial charge in [0, 0.05) is 23.7 Å². The van der Waals surface area contributed by atoms with E-state index >= 15 is 0 Å². The molecule has 10 heteroatoms. The number of thioether (sulfide) groups is 1. The summed E-state index contributed by atoms with van der Waals surface area (Å²) < 4.78 is 6.06. The Morgan fingerprint density at radius 1 is 1.13 bits per heavy atom. The van der Waals surface area contributed by atoms with Crippen LogP contribution in [-0.4, -0.2) is 49.8 Å². The van der Waals surface area contributed by atoms with Crippen molar-refractivity contribution in [2.45, 2.75) is 6.42 Å². The second kappa shape index (κ2) is 10.6. The van der Waals surface area contributed by atoms with Crippen LogP contribution in [0.2, 0.25) is 0 Å². The normalized spacial score (nSPS) is 14.4. The van der Waals surface area contributed by atoms with Crippen LogP contribution >= 0.6 is 24.0 Å². The molecule has 1 aliphatic heterocycles.